The van der Waals surface area contributed by atoms with Gasteiger partial charge in [-0.1, -0.05) is 19.9 Å². The van der Waals surface area contributed by atoms with Gasteiger partial charge in [-0.2, -0.15) is 0 Å². The molecule has 0 rings (SSSR count). The van der Waals surface area contributed by atoms with Gasteiger partial charge in [-0.05, 0) is 6.42 Å². The van der Waals surface area contributed by atoms with Gasteiger partial charge < -0.3 is 5.41 Å². The second-order valence-corrected chi connectivity index (χ2v) is 1.62. The van der Waals surface area contributed by atoms with Crippen molar-refractivity contribution < 1.29 is 0 Å². The van der Waals surface area contributed by atoms with Crippen molar-refractivity contribution >= 4 is 5.71 Å². The summed E-state index contributed by atoms with van der Waals surface area (Å²) in [6.07, 6.45) is 3.46. The Balaban J connectivity index is 3.49. The molecule has 0 fully saturated rings. The smallest absolute Gasteiger partial charge is 0.0390 e. The molecule has 0 radical (unpaired) electrons. The summed E-state index contributed by atoms with van der Waals surface area (Å²) in [7, 11) is 0. The topological polar surface area (TPSA) is 23.9 Å². The van der Waals surface area contributed by atoms with Gasteiger partial charge >= 0.3 is 0 Å². The maximum absolute atomic E-state index is 7.13. The molecule has 8 heavy (non-hydrogen) atoms. The Bertz CT molecular complexity index is 118. The van der Waals surface area contributed by atoms with Gasteiger partial charge in [0.1, 0.15) is 0 Å². The first-order valence-electron chi connectivity index (χ1n) is 2.74. The van der Waals surface area contributed by atoms with Crippen LogP contribution in [0.25, 0.3) is 0 Å². The average Bonchev–Trinajstić information content (AvgIpc) is 1.68. The molecular formula is C7H11N. The highest BCUT2D eigenvalue weighted by Gasteiger charge is 1.83. The van der Waals surface area contributed by atoms with Gasteiger partial charge in [-0.25, -0.2) is 0 Å². The van der Waals surface area contributed by atoms with Crippen LogP contribution in [0.5, 0.6) is 0 Å². The van der Waals surface area contributed by atoms with Crippen molar-refractivity contribution in [2.24, 2.45) is 0 Å². The highest BCUT2D eigenvalue weighted by Crippen LogP contribution is 1.88. The molecule has 0 bridgehead atoms. The molecule has 0 aromatic carbocycles. The van der Waals surface area contributed by atoms with Gasteiger partial charge in [-0.15, -0.1) is 5.73 Å². The molecule has 0 heterocycles. The molecule has 1 nitrogen and oxygen atoms in total. The third-order valence-corrected chi connectivity index (χ3v) is 0.796. The first-order chi connectivity index (χ1) is 3.81. The van der Waals surface area contributed by atoms with E-state index < -0.39 is 0 Å². The summed E-state index contributed by atoms with van der Waals surface area (Å²) in [6.45, 7) is 5.41. The van der Waals surface area contributed by atoms with Crippen LogP contribution in [0.3, 0.4) is 0 Å². The van der Waals surface area contributed by atoms with Crippen LogP contribution < -0.4 is 0 Å². The van der Waals surface area contributed by atoms with Crippen LogP contribution in [0.15, 0.2) is 18.4 Å². The molecule has 0 saturated heterocycles. The van der Waals surface area contributed by atoms with E-state index in [9.17, 15) is 0 Å². The minimum Gasteiger partial charge on any atom is -0.305 e. The lowest BCUT2D eigenvalue weighted by atomic mass is 10.2. The first-order valence-corrected chi connectivity index (χ1v) is 2.74. The third-order valence-electron chi connectivity index (χ3n) is 0.796. The predicted octanol–water partition coefficient (Wildman–Crippen LogP) is 2.15. The minimum absolute atomic E-state index is 0.613. The van der Waals surface area contributed by atoms with E-state index in [0.717, 1.165) is 12.8 Å². The molecule has 1 heteroatoms. The fraction of sp³-hybridized carbons (Fsp3) is 0.429. The van der Waals surface area contributed by atoms with Crippen LogP contribution in [-0.2, 0) is 0 Å². The first kappa shape index (κ1) is 7.19. The van der Waals surface area contributed by atoms with E-state index in [-0.39, 0.29) is 0 Å². The van der Waals surface area contributed by atoms with Crippen molar-refractivity contribution in [3.63, 3.8) is 0 Å². The Kier molecular flexibility index (Phi) is 3.91. The quantitative estimate of drug-likeness (QED) is 0.424. The second kappa shape index (κ2) is 4.35. The lowest BCUT2D eigenvalue weighted by molar-refractivity contribution is 0.990. The van der Waals surface area contributed by atoms with E-state index in [1.807, 2.05) is 6.92 Å². The Morgan fingerprint density at radius 1 is 1.88 bits per heavy atom. The predicted molar refractivity (Wildman–Crippen MR) is 36.3 cm³/mol. The second-order valence-electron chi connectivity index (χ2n) is 1.62. The Morgan fingerprint density at radius 2 is 2.50 bits per heavy atom. The molecular weight excluding hydrogens is 98.1 g/mol. The molecule has 0 amide bonds. The van der Waals surface area contributed by atoms with Gasteiger partial charge in [0, 0.05) is 11.8 Å². The van der Waals surface area contributed by atoms with E-state index in [1.54, 1.807) is 6.08 Å². The van der Waals surface area contributed by atoms with E-state index in [2.05, 4.69) is 12.3 Å². The van der Waals surface area contributed by atoms with Crippen LogP contribution in [0.4, 0.5) is 0 Å². The van der Waals surface area contributed by atoms with E-state index in [0.29, 0.717) is 5.71 Å². The van der Waals surface area contributed by atoms with Crippen molar-refractivity contribution in [3.05, 3.63) is 18.4 Å². The Morgan fingerprint density at radius 3 is 2.88 bits per heavy atom. The Hall–Kier alpha value is -0.810. The summed E-state index contributed by atoms with van der Waals surface area (Å²) in [6, 6.07) is 0. The molecule has 1 N–H and O–H groups in total. The van der Waals surface area contributed by atoms with Gasteiger partial charge in [0.05, 0.1) is 0 Å². The molecule has 0 unspecified atom stereocenters. The summed E-state index contributed by atoms with van der Waals surface area (Å²) >= 11 is 0. The van der Waals surface area contributed by atoms with Crippen molar-refractivity contribution in [1.82, 2.24) is 0 Å². The fourth-order valence-corrected chi connectivity index (χ4v) is 0.465. The summed E-state index contributed by atoms with van der Waals surface area (Å²) in [4.78, 5) is 0. The summed E-state index contributed by atoms with van der Waals surface area (Å²) in [5, 5.41) is 7.13. The van der Waals surface area contributed by atoms with Crippen molar-refractivity contribution in [2.45, 2.75) is 19.8 Å². The number of allylic oxidation sites excluding steroid dienone is 1. The molecule has 0 aromatic heterocycles. The maximum Gasteiger partial charge on any atom is 0.0390 e. The summed E-state index contributed by atoms with van der Waals surface area (Å²) in [5.41, 5.74) is 3.17. The normalized spacial score (nSPS) is 7.62. The highest BCUT2D eigenvalue weighted by molar-refractivity contribution is 5.91. The van der Waals surface area contributed by atoms with Crippen LogP contribution in [0, 0.1) is 5.41 Å². The lowest BCUT2D eigenvalue weighted by Gasteiger charge is -1.87. The highest BCUT2D eigenvalue weighted by atomic mass is 14.4. The monoisotopic (exact) mass is 109 g/mol. The van der Waals surface area contributed by atoms with Crippen LogP contribution in [0.2, 0.25) is 0 Å². The van der Waals surface area contributed by atoms with E-state index >= 15 is 0 Å². The van der Waals surface area contributed by atoms with Crippen molar-refractivity contribution in [2.75, 3.05) is 0 Å². The molecule has 0 aliphatic rings. The molecule has 0 aromatic rings. The Labute approximate surface area is 50.2 Å². The third kappa shape index (κ3) is 3.38. The zero-order valence-corrected chi connectivity index (χ0v) is 5.20. The van der Waals surface area contributed by atoms with Crippen molar-refractivity contribution in [3.8, 4) is 0 Å². The SMILES string of the molecule is C=C=CC(=N)CCC. The summed E-state index contributed by atoms with van der Waals surface area (Å²) in [5.74, 6) is 0. The number of rotatable bonds is 3. The standard InChI is InChI=1S/C7H11N/c1-3-5-7(8)6-4-2/h5,8H,1,4,6H2,2H3. The van der Waals surface area contributed by atoms with Gasteiger partial charge in [-0.3, -0.25) is 0 Å². The molecule has 0 atom stereocenters. The summed E-state index contributed by atoms with van der Waals surface area (Å²) < 4.78 is 0. The van der Waals surface area contributed by atoms with Crippen LogP contribution in [0.1, 0.15) is 19.8 Å². The average molecular weight is 109 g/mol. The van der Waals surface area contributed by atoms with E-state index in [1.165, 1.54) is 0 Å². The molecule has 0 spiro atoms. The molecule has 0 aliphatic heterocycles. The largest absolute Gasteiger partial charge is 0.305 e. The number of nitrogens with one attached hydrogen (secondary N) is 1. The van der Waals surface area contributed by atoms with Gasteiger partial charge in [0.15, 0.2) is 0 Å². The lowest BCUT2D eigenvalue weighted by Crippen LogP contribution is -1.86. The van der Waals surface area contributed by atoms with E-state index in [4.69, 9.17) is 5.41 Å². The molecule has 0 aliphatic carbocycles. The zero-order chi connectivity index (χ0) is 6.41. The molecule has 0 saturated carbocycles. The minimum atomic E-state index is 0.613. The van der Waals surface area contributed by atoms with Crippen LogP contribution >= 0.6 is 0 Å². The maximum atomic E-state index is 7.13. The molecule has 44 valence electrons. The number of hydrogen-bond acceptors (Lipinski definition) is 1. The number of hydrogen-bond donors (Lipinski definition) is 1. The van der Waals surface area contributed by atoms with Gasteiger partial charge in [0.25, 0.3) is 0 Å². The van der Waals surface area contributed by atoms with Gasteiger partial charge in [0.2, 0.25) is 0 Å². The fourth-order valence-electron chi connectivity index (χ4n) is 0.465. The zero-order valence-electron chi connectivity index (χ0n) is 5.20. The van der Waals surface area contributed by atoms with Crippen LogP contribution in [-0.4, -0.2) is 5.71 Å². The van der Waals surface area contributed by atoms with Crippen molar-refractivity contribution in [1.29, 1.82) is 5.41 Å².